The average molecular weight is 348 g/mol. The predicted octanol–water partition coefficient (Wildman–Crippen LogP) is 1.72. The lowest BCUT2D eigenvalue weighted by atomic mass is 10.2. The second kappa shape index (κ2) is 5.56. The standard InChI is InChI=1S/C16H20N4O3S/c1-11-3-6-15(23-2)16(7-11)24(21,22)19-8-13(9-19)20-10-14(17-18-20)12-4-5-12/h3,6-7,10,12-13H,4-5,8-9H2,1-2H3. The van der Waals surface area contributed by atoms with Crippen molar-refractivity contribution >= 4 is 10.0 Å². The molecule has 2 aliphatic rings. The van der Waals surface area contributed by atoms with Crippen LogP contribution in [0.1, 0.15) is 36.1 Å². The Labute approximate surface area is 141 Å². The number of rotatable bonds is 5. The third kappa shape index (κ3) is 2.59. The van der Waals surface area contributed by atoms with E-state index in [1.54, 1.807) is 16.8 Å². The van der Waals surface area contributed by atoms with Crippen molar-refractivity contribution in [2.24, 2.45) is 0 Å². The highest BCUT2D eigenvalue weighted by molar-refractivity contribution is 7.89. The van der Waals surface area contributed by atoms with E-state index in [2.05, 4.69) is 10.3 Å². The zero-order chi connectivity index (χ0) is 16.9. The van der Waals surface area contributed by atoms with Gasteiger partial charge in [0.15, 0.2) is 0 Å². The van der Waals surface area contributed by atoms with Gasteiger partial charge < -0.3 is 4.74 Å². The summed E-state index contributed by atoms with van der Waals surface area (Å²) < 4.78 is 34.2. The molecule has 0 unspecified atom stereocenters. The van der Waals surface area contributed by atoms with Crippen LogP contribution in [0.5, 0.6) is 5.75 Å². The molecule has 24 heavy (non-hydrogen) atoms. The quantitative estimate of drug-likeness (QED) is 0.822. The van der Waals surface area contributed by atoms with Crippen LogP contribution < -0.4 is 4.74 Å². The highest BCUT2D eigenvalue weighted by atomic mass is 32.2. The van der Waals surface area contributed by atoms with Crippen molar-refractivity contribution in [2.75, 3.05) is 20.2 Å². The van der Waals surface area contributed by atoms with Crippen LogP contribution in [0.2, 0.25) is 0 Å². The highest BCUT2D eigenvalue weighted by Gasteiger charge is 2.40. The summed E-state index contributed by atoms with van der Waals surface area (Å²) in [6.07, 6.45) is 4.31. The van der Waals surface area contributed by atoms with Gasteiger partial charge in [0.05, 0.1) is 18.8 Å². The van der Waals surface area contributed by atoms with Crippen LogP contribution in [0, 0.1) is 6.92 Å². The maximum Gasteiger partial charge on any atom is 0.246 e. The minimum atomic E-state index is -3.56. The molecular weight excluding hydrogens is 328 g/mol. The Morgan fingerprint density at radius 2 is 2.00 bits per heavy atom. The summed E-state index contributed by atoms with van der Waals surface area (Å²) in [6, 6.07) is 5.24. The zero-order valence-electron chi connectivity index (χ0n) is 13.7. The van der Waals surface area contributed by atoms with Gasteiger partial charge in [-0.15, -0.1) is 5.10 Å². The molecule has 0 amide bonds. The lowest BCUT2D eigenvalue weighted by Crippen LogP contribution is -2.50. The summed E-state index contributed by atoms with van der Waals surface area (Å²) in [7, 11) is -2.08. The summed E-state index contributed by atoms with van der Waals surface area (Å²) in [4.78, 5) is 0.223. The Balaban J connectivity index is 1.51. The third-order valence-electron chi connectivity index (χ3n) is 4.66. The molecule has 7 nitrogen and oxygen atoms in total. The molecule has 0 N–H and O–H groups in total. The normalized spacial score (nSPS) is 19.2. The second-order valence-corrected chi connectivity index (χ2v) is 8.43. The Kier molecular flexibility index (Phi) is 3.61. The molecule has 1 aliphatic carbocycles. The molecule has 0 atom stereocenters. The van der Waals surface area contributed by atoms with E-state index in [9.17, 15) is 8.42 Å². The van der Waals surface area contributed by atoms with E-state index in [0.717, 1.165) is 11.3 Å². The van der Waals surface area contributed by atoms with E-state index >= 15 is 0 Å². The fraction of sp³-hybridized carbons (Fsp3) is 0.500. The number of ether oxygens (including phenoxy) is 1. The summed E-state index contributed by atoms with van der Waals surface area (Å²) in [6.45, 7) is 2.69. The molecule has 8 heteroatoms. The van der Waals surface area contributed by atoms with Crippen molar-refractivity contribution in [3.05, 3.63) is 35.7 Å². The van der Waals surface area contributed by atoms with E-state index in [4.69, 9.17) is 4.74 Å². The van der Waals surface area contributed by atoms with Crippen LogP contribution in [-0.4, -0.2) is 47.9 Å². The maximum absolute atomic E-state index is 12.8. The van der Waals surface area contributed by atoms with Gasteiger partial charge in [-0.2, -0.15) is 4.31 Å². The summed E-state index contributed by atoms with van der Waals surface area (Å²) in [5.74, 6) is 0.927. The van der Waals surface area contributed by atoms with Gasteiger partial charge in [-0.3, -0.25) is 0 Å². The van der Waals surface area contributed by atoms with E-state index in [-0.39, 0.29) is 10.9 Å². The van der Waals surface area contributed by atoms with Crippen LogP contribution in [0.15, 0.2) is 29.3 Å². The first-order chi connectivity index (χ1) is 11.5. The lowest BCUT2D eigenvalue weighted by molar-refractivity contribution is 0.188. The fourth-order valence-corrected chi connectivity index (χ4v) is 4.70. The Morgan fingerprint density at radius 1 is 1.25 bits per heavy atom. The second-order valence-electron chi connectivity index (χ2n) is 6.53. The molecule has 1 aromatic carbocycles. The molecule has 1 saturated heterocycles. The number of aryl methyl sites for hydroxylation is 1. The Hall–Kier alpha value is -1.93. The van der Waals surface area contributed by atoms with Gasteiger partial charge in [-0.1, -0.05) is 11.3 Å². The van der Waals surface area contributed by atoms with Crippen molar-refractivity contribution in [3.63, 3.8) is 0 Å². The molecule has 2 heterocycles. The van der Waals surface area contributed by atoms with Crippen molar-refractivity contribution < 1.29 is 13.2 Å². The fourth-order valence-electron chi connectivity index (χ4n) is 2.94. The molecule has 0 bridgehead atoms. The lowest BCUT2D eigenvalue weighted by Gasteiger charge is -2.37. The number of sulfonamides is 1. The largest absolute Gasteiger partial charge is 0.495 e. The number of hydrogen-bond donors (Lipinski definition) is 0. The van der Waals surface area contributed by atoms with Gasteiger partial charge in [0.2, 0.25) is 10.0 Å². The first-order valence-corrected chi connectivity index (χ1v) is 9.49. The summed E-state index contributed by atoms with van der Waals surface area (Å²) in [5.41, 5.74) is 1.91. The minimum Gasteiger partial charge on any atom is -0.495 e. The first kappa shape index (κ1) is 15.6. The van der Waals surface area contributed by atoms with Crippen LogP contribution in [-0.2, 0) is 10.0 Å². The zero-order valence-corrected chi connectivity index (χ0v) is 14.5. The van der Waals surface area contributed by atoms with Gasteiger partial charge in [-0.25, -0.2) is 13.1 Å². The van der Waals surface area contributed by atoms with E-state index in [1.165, 1.54) is 24.3 Å². The van der Waals surface area contributed by atoms with Gasteiger partial charge in [0.25, 0.3) is 0 Å². The molecule has 2 aromatic rings. The van der Waals surface area contributed by atoms with Gasteiger partial charge in [-0.05, 0) is 37.5 Å². The van der Waals surface area contributed by atoms with Crippen LogP contribution >= 0.6 is 0 Å². The van der Waals surface area contributed by atoms with E-state index in [1.807, 2.05) is 19.2 Å². The molecular formula is C16H20N4O3S. The summed E-state index contributed by atoms with van der Waals surface area (Å²) >= 11 is 0. The van der Waals surface area contributed by atoms with Gasteiger partial charge in [0.1, 0.15) is 10.6 Å². The molecule has 0 radical (unpaired) electrons. The topological polar surface area (TPSA) is 77.3 Å². The van der Waals surface area contributed by atoms with Crippen molar-refractivity contribution in [3.8, 4) is 5.75 Å². The number of hydrogen-bond acceptors (Lipinski definition) is 5. The molecule has 1 aliphatic heterocycles. The predicted molar refractivity (Wildman–Crippen MR) is 87.5 cm³/mol. The molecule has 4 rings (SSSR count). The van der Waals surface area contributed by atoms with Crippen LogP contribution in [0.3, 0.4) is 0 Å². The number of benzene rings is 1. The molecule has 128 valence electrons. The van der Waals surface area contributed by atoms with Gasteiger partial charge in [0, 0.05) is 25.2 Å². The average Bonchev–Trinajstić information content (AvgIpc) is 3.25. The van der Waals surface area contributed by atoms with Gasteiger partial charge >= 0.3 is 0 Å². The maximum atomic E-state index is 12.8. The van der Waals surface area contributed by atoms with Crippen LogP contribution in [0.25, 0.3) is 0 Å². The van der Waals surface area contributed by atoms with E-state index < -0.39 is 10.0 Å². The van der Waals surface area contributed by atoms with Crippen LogP contribution in [0.4, 0.5) is 0 Å². The number of methoxy groups -OCH3 is 1. The first-order valence-electron chi connectivity index (χ1n) is 8.05. The summed E-state index contributed by atoms with van der Waals surface area (Å²) in [5, 5.41) is 8.35. The Morgan fingerprint density at radius 3 is 2.67 bits per heavy atom. The molecule has 0 spiro atoms. The minimum absolute atomic E-state index is 0.0515. The SMILES string of the molecule is COc1ccc(C)cc1S(=O)(=O)N1CC(n2cc(C3CC3)nn2)C1. The van der Waals surface area contributed by atoms with Crippen molar-refractivity contribution in [1.82, 2.24) is 19.3 Å². The molecule has 1 saturated carbocycles. The van der Waals surface area contributed by atoms with Crippen molar-refractivity contribution in [1.29, 1.82) is 0 Å². The highest BCUT2D eigenvalue weighted by Crippen LogP contribution is 2.39. The van der Waals surface area contributed by atoms with E-state index in [0.29, 0.717) is 24.8 Å². The smallest absolute Gasteiger partial charge is 0.246 e. The monoisotopic (exact) mass is 348 g/mol. The number of nitrogens with zero attached hydrogens (tertiary/aromatic N) is 4. The third-order valence-corrected chi connectivity index (χ3v) is 6.52. The Bertz CT molecular complexity index is 867. The number of aromatic nitrogens is 3. The molecule has 2 fully saturated rings. The molecule has 1 aromatic heterocycles. The van der Waals surface area contributed by atoms with Crippen molar-refractivity contribution in [2.45, 2.75) is 36.6 Å².